The lowest BCUT2D eigenvalue weighted by Gasteiger charge is -2.13. The van der Waals surface area contributed by atoms with Gasteiger partial charge in [-0.1, -0.05) is 12.2 Å². The Bertz CT molecular complexity index is 94.1. The van der Waals surface area contributed by atoms with Gasteiger partial charge in [-0.15, -0.1) is 0 Å². The zero-order valence-corrected chi connectivity index (χ0v) is 8.17. The van der Waals surface area contributed by atoms with Crippen molar-refractivity contribution in [3.05, 3.63) is 12.2 Å². The van der Waals surface area contributed by atoms with Crippen LogP contribution < -0.4 is 0 Å². The maximum atomic E-state index is 2.18. The lowest BCUT2D eigenvalue weighted by molar-refractivity contribution is 0.320. The third kappa shape index (κ3) is 17.7. The molecule has 0 aromatic carbocycles. The highest BCUT2D eigenvalue weighted by Crippen LogP contribution is 1.96. The molecule has 1 rings (SSSR count). The molecule has 0 aromatic heterocycles. The van der Waals surface area contributed by atoms with E-state index in [9.17, 15) is 0 Å². The molecular formula is C9H20N2. The van der Waals surface area contributed by atoms with E-state index in [1.807, 2.05) is 0 Å². The summed E-state index contributed by atoms with van der Waals surface area (Å²) in [4.78, 5) is 4.36. The van der Waals surface area contributed by atoms with E-state index < -0.39 is 0 Å². The lowest BCUT2D eigenvalue weighted by atomic mass is 10.5. The van der Waals surface area contributed by atoms with Crippen molar-refractivity contribution >= 4 is 0 Å². The average molecular weight is 156 g/mol. The van der Waals surface area contributed by atoms with E-state index in [-0.39, 0.29) is 0 Å². The van der Waals surface area contributed by atoms with E-state index >= 15 is 0 Å². The minimum Gasteiger partial charge on any atom is -0.308 e. The van der Waals surface area contributed by atoms with Crippen molar-refractivity contribution < 1.29 is 0 Å². The van der Waals surface area contributed by atoms with Crippen LogP contribution in [-0.2, 0) is 0 Å². The summed E-state index contributed by atoms with van der Waals surface area (Å²) in [6.45, 7) is 2.29. The van der Waals surface area contributed by atoms with Crippen molar-refractivity contribution in [2.24, 2.45) is 0 Å². The van der Waals surface area contributed by atoms with Gasteiger partial charge in [0.1, 0.15) is 0 Å². The minimum atomic E-state index is 1.15. The van der Waals surface area contributed by atoms with Crippen molar-refractivity contribution in [3.63, 3.8) is 0 Å². The van der Waals surface area contributed by atoms with Crippen LogP contribution in [0.1, 0.15) is 6.42 Å². The first-order chi connectivity index (χ1) is 5.13. The molecule has 0 radical (unpaired) electrons. The van der Waals surface area contributed by atoms with Crippen molar-refractivity contribution in [1.82, 2.24) is 9.80 Å². The Morgan fingerprint density at radius 1 is 0.909 bits per heavy atom. The van der Waals surface area contributed by atoms with Gasteiger partial charge in [-0.25, -0.2) is 0 Å². The molecular weight excluding hydrogens is 136 g/mol. The van der Waals surface area contributed by atoms with Crippen LogP contribution in [0.5, 0.6) is 0 Å². The third-order valence-corrected chi connectivity index (χ3v) is 1.23. The highest BCUT2D eigenvalue weighted by Gasteiger charge is 1.89. The maximum Gasteiger partial charge on any atom is 0.0103 e. The number of likely N-dealkylation sites (N-methyl/N-ethyl adjacent to an activating group) is 2. The Labute approximate surface area is 70.5 Å². The zero-order valence-electron chi connectivity index (χ0n) is 8.17. The largest absolute Gasteiger partial charge is 0.308 e. The molecule has 0 heterocycles. The van der Waals surface area contributed by atoms with Gasteiger partial charge in [0.25, 0.3) is 0 Å². The maximum absolute atomic E-state index is 2.18. The van der Waals surface area contributed by atoms with Gasteiger partial charge in [0.15, 0.2) is 0 Å². The average Bonchev–Trinajstić information content (AvgIpc) is 2.67. The molecule has 1 aliphatic rings. The van der Waals surface area contributed by atoms with E-state index in [0.29, 0.717) is 0 Å². The summed E-state index contributed by atoms with van der Waals surface area (Å²) in [6, 6.07) is 0. The lowest BCUT2D eigenvalue weighted by Crippen LogP contribution is -2.25. The number of hydrogen-bond acceptors (Lipinski definition) is 2. The fourth-order valence-electron chi connectivity index (χ4n) is 0.400. The summed E-state index contributed by atoms with van der Waals surface area (Å²) in [5.41, 5.74) is 0. The molecule has 0 saturated carbocycles. The van der Waals surface area contributed by atoms with Crippen LogP contribution in [0.25, 0.3) is 0 Å². The van der Waals surface area contributed by atoms with Crippen LogP contribution in [-0.4, -0.2) is 51.1 Å². The van der Waals surface area contributed by atoms with Crippen molar-refractivity contribution in [1.29, 1.82) is 0 Å². The quantitative estimate of drug-likeness (QED) is 0.564. The minimum absolute atomic E-state index is 1.15. The number of allylic oxidation sites excluding steroid dienone is 2. The molecule has 0 fully saturated rings. The smallest absolute Gasteiger partial charge is 0.0103 e. The summed E-state index contributed by atoms with van der Waals surface area (Å²) in [6.07, 6.45) is 5.50. The second-order valence-electron chi connectivity index (χ2n) is 3.31. The molecule has 0 unspecified atom stereocenters. The van der Waals surface area contributed by atoms with Crippen LogP contribution in [0.15, 0.2) is 12.2 Å². The Kier molecular flexibility index (Phi) is 6.18. The zero-order chi connectivity index (χ0) is 8.69. The molecule has 0 N–H and O–H groups in total. The summed E-state index contributed by atoms with van der Waals surface area (Å²) in [7, 11) is 8.35. The molecule has 1 aliphatic carbocycles. The van der Waals surface area contributed by atoms with Crippen molar-refractivity contribution in [3.8, 4) is 0 Å². The molecule has 11 heavy (non-hydrogen) atoms. The van der Waals surface area contributed by atoms with Crippen molar-refractivity contribution in [2.75, 3.05) is 41.3 Å². The van der Waals surface area contributed by atoms with Gasteiger partial charge in [-0.05, 0) is 34.6 Å². The van der Waals surface area contributed by atoms with Crippen LogP contribution >= 0.6 is 0 Å². The van der Waals surface area contributed by atoms with E-state index in [2.05, 4.69) is 50.1 Å². The molecule has 2 heteroatoms. The van der Waals surface area contributed by atoms with Gasteiger partial charge in [-0.3, -0.25) is 0 Å². The fourth-order valence-corrected chi connectivity index (χ4v) is 0.400. The molecule has 66 valence electrons. The van der Waals surface area contributed by atoms with Gasteiger partial charge < -0.3 is 9.80 Å². The fraction of sp³-hybridized carbons (Fsp3) is 0.778. The van der Waals surface area contributed by atoms with Gasteiger partial charge in [0.2, 0.25) is 0 Å². The van der Waals surface area contributed by atoms with E-state index in [0.717, 1.165) is 13.1 Å². The first-order valence-corrected chi connectivity index (χ1v) is 4.07. The topological polar surface area (TPSA) is 6.48 Å². The SMILES string of the molecule is C1=CC1.CN(C)CCN(C)C. The number of rotatable bonds is 3. The summed E-state index contributed by atoms with van der Waals surface area (Å²) in [5.74, 6) is 0. The highest BCUT2D eigenvalue weighted by atomic mass is 15.1. The molecule has 0 aromatic rings. The summed E-state index contributed by atoms with van der Waals surface area (Å²) < 4.78 is 0. The van der Waals surface area contributed by atoms with Crippen molar-refractivity contribution in [2.45, 2.75) is 6.42 Å². The third-order valence-electron chi connectivity index (χ3n) is 1.23. The predicted octanol–water partition coefficient (Wildman–Crippen LogP) is 1.06. The van der Waals surface area contributed by atoms with Gasteiger partial charge in [-0.2, -0.15) is 0 Å². The van der Waals surface area contributed by atoms with Crippen LogP contribution in [0, 0.1) is 0 Å². The van der Waals surface area contributed by atoms with Crippen LogP contribution in [0.3, 0.4) is 0 Å². The predicted molar refractivity (Wildman–Crippen MR) is 50.9 cm³/mol. The van der Waals surface area contributed by atoms with E-state index in [1.54, 1.807) is 0 Å². The molecule has 2 nitrogen and oxygen atoms in total. The molecule has 0 bridgehead atoms. The normalized spacial score (nSPS) is 13.3. The Balaban J connectivity index is 0.000000271. The Morgan fingerprint density at radius 3 is 1.27 bits per heavy atom. The summed E-state index contributed by atoms with van der Waals surface area (Å²) >= 11 is 0. The second kappa shape index (κ2) is 6.38. The molecule has 0 amide bonds. The van der Waals surface area contributed by atoms with E-state index in [4.69, 9.17) is 0 Å². The van der Waals surface area contributed by atoms with Gasteiger partial charge >= 0.3 is 0 Å². The van der Waals surface area contributed by atoms with Gasteiger partial charge in [0, 0.05) is 13.1 Å². The van der Waals surface area contributed by atoms with Crippen LogP contribution in [0.2, 0.25) is 0 Å². The van der Waals surface area contributed by atoms with Gasteiger partial charge in [0.05, 0.1) is 0 Å². The van der Waals surface area contributed by atoms with E-state index in [1.165, 1.54) is 6.42 Å². The molecule has 0 saturated heterocycles. The Hall–Kier alpha value is -0.340. The molecule has 0 spiro atoms. The number of hydrogen-bond donors (Lipinski definition) is 0. The first-order valence-electron chi connectivity index (χ1n) is 4.07. The molecule has 0 atom stereocenters. The monoisotopic (exact) mass is 156 g/mol. The second-order valence-corrected chi connectivity index (χ2v) is 3.31. The Morgan fingerprint density at radius 2 is 1.18 bits per heavy atom. The summed E-state index contributed by atoms with van der Waals surface area (Å²) in [5, 5.41) is 0. The molecule has 0 aliphatic heterocycles. The number of nitrogens with zero attached hydrogens (tertiary/aromatic N) is 2. The standard InChI is InChI=1S/C6H16N2.C3H4/c1-7(2)5-6-8(3)4;1-2-3-1/h5-6H2,1-4H3;1-2H,3H2. The first kappa shape index (κ1) is 10.7. The van der Waals surface area contributed by atoms with Crippen LogP contribution in [0.4, 0.5) is 0 Å². The highest BCUT2D eigenvalue weighted by molar-refractivity contribution is 5.02.